The van der Waals surface area contributed by atoms with Crippen molar-refractivity contribution in [1.82, 2.24) is 15.3 Å². The van der Waals surface area contributed by atoms with E-state index < -0.39 is 11.9 Å². The van der Waals surface area contributed by atoms with Crippen LogP contribution in [0.2, 0.25) is 0 Å². The number of aromatic nitrogens is 2. The van der Waals surface area contributed by atoms with E-state index in [1.54, 1.807) is 0 Å². The third kappa shape index (κ3) is 2.84. The third-order valence-electron chi connectivity index (χ3n) is 4.50. The molecule has 0 unspecified atom stereocenters. The first-order valence-electron chi connectivity index (χ1n) is 7.40. The van der Waals surface area contributed by atoms with Crippen LogP contribution in [0.5, 0.6) is 0 Å². The molecule has 0 bridgehead atoms. The predicted octanol–water partition coefficient (Wildman–Crippen LogP) is 2.61. The Kier molecular flexibility index (Phi) is 3.77. The van der Waals surface area contributed by atoms with Gasteiger partial charge in [-0.1, -0.05) is 19.3 Å². The number of alkyl halides is 3. The molecule has 1 aliphatic carbocycles. The van der Waals surface area contributed by atoms with Crippen LogP contribution < -0.4 is 10.2 Å². The van der Waals surface area contributed by atoms with Crippen LogP contribution in [0.15, 0.2) is 12.3 Å². The van der Waals surface area contributed by atoms with Crippen LogP contribution in [0, 0.1) is 0 Å². The van der Waals surface area contributed by atoms with Crippen LogP contribution >= 0.6 is 0 Å². The maximum absolute atomic E-state index is 12.8. The van der Waals surface area contributed by atoms with Gasteiger partial charge in [-0.15, -0.1) is 0 Å². The molecule has 1 aromatic heterocycles. The van der Waals surface area contributed by atoms with E-state index in [9.17, 15) is 13.2 Å². The molecule has 1 N–H and O–H groups in total. The molecule has 4 nitrogen and oxygen atoms in total. The van der Waals surface area contributed by atoms with E-state index in [1.807, 2.05) is 4.90 Å². The summed E-state index contributed by atoms with van der Waals surface area (Å²) >= 11 is 0. The van der Waals surface area contributed by atoms with Crippen LogP contribution in [-0.4, -0.2) is 35.1 Å². The fourth-order valence-electron chi connectivity index (χ4n) is 3.45. The van der Waals surface area contributed by atoms with Crippen molar-refractivity contribution in [2.24, 2.45) is 0 Å². The Bertz CT molecular complexity index is 489. The van der Waals surface area contributed by atoms with E-state index >= 15 is 0 Å². The molecule has 21 heavy (non-hydrogen) atoms. The van der Waals surface area contributed by atoms with Crippen LogP contribution in [0.1, 0.15) is 37.8 Å². The minimum absolute atomic E-state index is 0.124. The molecule has 1 aliphatic heterocycles. The van der Waals surface area contributed by atoms with Gasteiger partial charge >= 0.3 is 6.18 Å². The van der Waals surface area contributed by atoms with Crippen molar-refractivity contribution < 1.29 is 13.2 Å². The number of anilines is 1. The van der Waals surface area contributed by atoms with Crippen LogP contribution in [0.4, 0.5) is 19.1 Å². The number of piperazine rings is 1. The summed E-state index contributed by atoms with van der Waals surface area (Å²) in [4.78, 5) is 9.89. The van der Waals surface area contributed by atoms with Crippen molar-refractivity contribution >= 4 is 5.95 Å². The first-order chi connectivity index (χ1) is 10.0. The Morgan fingerprint density at radius 1 is 1.19 bits per heavy atom. The van der Waals surface area contributed by atoms with E-state index in [4.69, 9.17) is 0 Å². The molecule has 7 heteroatoms. The number of nitrogens with zero attached hydrogens (tertiary/aromatic N) is 3. The average molecular weight is 300 g/mol. The maximum atomic E-state index is 12.8. The molecule has 2 aliphatic rings. The normalized spacial score (nSPS) is 22.5. The minimum atomic E-state index is -4.43. The maximum Gasteiger partial charge on any atom is 0.433 e. The van der Waals surface area contributed by atoms with Gasteiger partial charge in [0, 0.05) is 25.8 Å². The van der Waals surface area contributed by atoms with E-state index in [-0.39, 0.29) is 11.5 Å². The van der Waals surface area contributed by atoms with Gasteiger partial charge in [0.15, 0.2) is 0 Å². The van der Waals surface area contributed by atoms with Crippen molar-refractivity contribution in [2.75, 3.05) is 24.5 Å². The van der Waals surface area contributed by atoms with E-state index in [2.05, 4.69) is 15.3 Å². The molecule has 1 spiro atoms. The molecule has 0 amide bonds. The molecule has 116 valence electrons. The largest absolute Gasteiger partial charge is 0.433 e. The fraction of sp³-hybridized carbons (Fsp3) is 0.714. The lowest BCUT2D eigenvalue weighted by Gasteiger charge is -2.49. The van der Waals surface area contributed by atoms with E-state index in [0.29, 0.717) is 6.54 Å². The molecule has 2 fully saturated rings. The highest BCUT2D eigenvalue weighted by Gasteiger charge is 2.42. The van der Waals surface area contributed by atoms with Crippen molar-refractivity contribution in [3.05, 3.63) is 18.0 Å². The van der Waals surface area contributed by atoms with Gasteiger partial charge in [0.25, 0.3) is 0 Å². The lowest BCUT2D eigenvalue weighted by Crippen LogP contribution is -2.62. The predicted molar refractivity (Wildman–Crippen MR) is 73.1 cm³/mol. The first kappa shape index (κ1) is 14.6. The highest BCUT2D eigenvalue weighted by Crippen LogP contribution is 2.37. The molecule has 0 aromatic carbocycles. The fourth-order valence-corrected chi connectivity index (χ4v) is 3.45. The molecular weight excluding hydrogens is 281 g/mol. The van der Waals surface area contributed by atoms with Crippen LogP contribution in [0.3, 0.4) is 0 Å². The van der Waals surface area contributed by atoms with Gasteiger partial charge in [0.1, 0.15) is 5.69 Å². The van der Waals surface area contributed by atoms with E-state index in [0.717, 1.165) is 44.8 Å². The summed E-state index contributed by atoms with van der Waals surface area (Å²) in [6.07, 6.45) is 2.17. The summed E-state index contributed by atoms with van der Waals surface area (Å²) in [6, 6.07) is 0.930. The number of rotatable bonds is 1. The summed E-state index contributed by atoms with van der Waals surface area (Å²) < 4.78 is 38.5. The zero-order chi connectivity index (χ0) is 14.9. The van der Waals surface area contributed by atoms with Gasteiger partial charge in [-0.2, -0.15) is 13.2 Å². The first-order valence-corrected chi connectivity index (χ1v) is 7.40. The van der Waals surface area contributed by atoms with Gasteiger partial charge in [-0.3, -0.25) is 0 Å². The quantitative estimate of drug-likeness (QED) is 0.865. The van der Waals surface area contributed by atoms with Crippen LogP contribution in [-0.2, 0) is 6.18 Å². The molecule has 2 heterocycles. The topological polar surface area (TPSA) is 41.1 Å². The van der Waals surface area contributed by atoms with Gasteiger partial charge in [0.2, 0.25) is 5.95 Å². The van der Waals surface area contributed by atoms with Gasteiger partial charge in [-0.05, 0) is 18.9 Å². The van der Waals surface area contributed by atoms with Gasteiger partial charge in [0.05, 0.1) is 5.54 Å². The lowest BCUT2D eigenvalue weighted by atomic mass is 9.79. The highest BCUT2D eigenvalue weighted by molar-refractivity contribution is 5.38. The third-order valence-corrected chi connectivity index (χ3v) is 4.50. The average Bonchev–Trinajstić information content (AvgIpc) is 2.48. The zero-order valence-corrected chi connectivity index (χ0v) is 11.8. The SMILES string of the molecule is FC(F)(F)c1ccnc(N2CCNCC23CCCCC3)n1. The van der Waals surface area contributed by atoms with Crippen molar-refractivity contribution in [3.8, 4) is 0 Å². The minimum Gasteiger partial charge on any atom is -0.333 e. The Balaban J connectivity index is 1.93. The number of halogens is 3. The van der Waals surface area contributed by atoms with Gasteiger partial charge < -0.3 is 10.2 Å². The summed E-state index contributed by atoms with van der Waals surface area (Å²) in [7, 11) is 0. The summed E-state index contributed by atoms with van der Waals surface area (Å²) in [5.74, 6) is 0.216. The highest BCUT2D eigenvalue weighted by atomic mass is 19.4. The Hall–Kier alpha value is -1.37. The second-order valence-corrected chi connectivity index (χ2v) is 5.85. The number of hydrogen-bond donors (Lipinski definition) is 1. The summed E-state index contributed by atoms with van der Waals surface area (Å²) in [5, 5.41) is 3.37. The second-order valence-electron chi connectivity index (χ2n) is 5.85. The zero-order valence-electron chi connectivity index (χ0n) is 11.8. The summed E-state index contributed by atoms with van der Waals surface area (Å²) in [5.41, 5.74) is -0.988. The lowest BCUT2D eigenvalue weighted by molar-refractivity contribution is -0.141. The molecule has 1 aromatic rings. The molecule has 0 radical (unpaired) electrons. The van der Waals surface area contributed by atoms with E-state index in [1.165, 1.54) is 12.6 Å². The number of nitrogens with one attached hydrogen (secondary N) is 1. The standard InChI is InChI=1S/C14H19F3N4/c15-14(16,17)11-4-7-19-12(20-11)21-9-8-18-10-13(21)5-2-1-3-6-13/h4,7,18H,1-3,5-6,8-10H2. The van der Waals surface area contributed by atoms with Crippen molar-refractivity contribution in [3.63, 3.8) is 0 Å². The molecule has 3 rings (SSSR count). The van der Waals surface area contributed by atoms with Crippen LogP contribution in [0.25, 0.3) is 0 Å². The Labute approximate surface area is 121 Å². The molecular formula is C14H19F3N4. The number of hydrogen-bond acceptors (Lipinski definition) is 4. The summed E-state index contributed by atoms with van der Waals surface area (Å²) in [6.45, 7) is 2.20. The molecule has 1 saturated carbocycles. The molecule has 0 atom stereocenters. The second kappa shape index (κ2) is 5.44. The van der Waals surface area contributed by atoms with Crippen molar-refractivity contribution in [2.45, 2.75) is 43.8 Å². The Morgan fingerprint density at radius 2 is 1.95 bits per heavy atom. The van der Waals surface area contributed by atoms with Gasteiger partial charge in [-0.25, -0.2) is 9.97 Å². The monoisotopic (exact) mass is 300 g/mol. The Morgan fingerprint density at radius 3 is 2.67 bits per heavy atom. The smallest absolute Gasteiger partial charge is 0.333 e. The van der Waals surface area contributed by atoms with Crippen molar-refractivity contribution in [1.29, 1.82) is 0 Å². The molecule has 1 saturated heterocycles.